The summed E-state index contributed by atoms with van der Waals surface area (Å²) >= 11 is 0. The number of rotatable bonds is 7. The Morgan fingerprint density at radius 1 is 1.03 bits per heavy atom. The number of benzene rings is 3. The van der Waals surface area contributed by atoms with Crippen LogP contribution in [0, 0.1) is 5.41 Å². The third-order valence-electron chi connectivity index (χ3n) is 5.88. The first-order chi connectivity index (χ1) is 15.8. The Balaban J connectivity index is 1.82. The quantitative estimate of drug-likeness (QED) is 0.322. The van der Waals surface area contributed by atoms with Gasteiger partial charge in [-0.3, -0.25) is 5.41 Å². The normalized spacial score (nSPS) is 12.3. The van der Waals surface area contributed by atoms with Gasteiger partial charge in [0.2, 0.25) is 0 Å². The molecule has 3 aromatic rings. The van der Waals surface area contributed by atoms with Crippen molar-refractivity contribution in [3.63, 3.8) is 0 Å². The van der Waals surface area contributed by atoms with Gasteiger partial charge in [0.05, 0.1) is 18.2 Å². The average Bonchev–Trinajstić information content (AvgIpc) is 3.20. The highest BCUT2D eigenvalue weighted by Crippen LogP contribution is 2.36. The largest absolute Gasteiger partial charge is 0.497 e. The molecule has 0 unspecified atom stereocenters. The van der Waals surface area contributed by atoms with Gasteiger partial charge in [0, 0.05) is 24.3 Å². The van der Waals surface area contributed by atoms with E-state index in [1.165, 1.54) is 19.2 Å². The summed E-state index contributed by atoms with van der Waals surface area (Å²) in [5.74, 6) is -1.81. The van der Waals surface area contributed by atoms with E-state index in [1.54, 1.807) is 30.3 Å². The van der Waals surface area contributed by atoms with Gasteiger partial charge in [-0.05, 0) is 71.1 Å². The van der Waals surface area contributed by atoms with Crippen LogP contribution in [0.1, 0.15) is 37.4 Å². The zero-order chi connectivity index (χ0) is 23.7. The average molecular weight is 445 g/mol. The molecule has 0 bridgehead atoms. The highest BCUT2D eigenvalue weighted by Gasteiger charge is 2.25. The molecule has 3 aromatic carbocycles. The van der Waals surface area contributed by atoms with Gasteiger partial charge >= 0.3 is 11.9 Å². The number of methoxy groups -OCH3 is 1. The molecule has 5 N–H and O–H groups in total. The second kappa shape index (κ2) is 8.66. The summed E-state index contributed by atoms with van der Waals surface area (Å²) in [6.45, 7) is 0.952. The van der Waals surface area contributed by atoms with Crippen molar-refractivity contribution in [2.75, 3.05) is 18.6 Å². The maximum atomic E-state index is 12.1. The fourth-order valence-electron chi connectivity index (χ4n) is 4.26. The van der Waals surface area contributed by atoms with E-state index < -0.39 is 11.9 Å². The molecule has 8 nitrogen and oxygen atoms in total. The fourth-order valence-corrected chi connectivity index (χ4v) is 4.26. The molecule has 0 aromatic heterocycles. The van der Waals surface area contributed by atoms with Crippen molar-refractivity contribution >= 4 is 23.5 Å². The summed E-state index contributed by atoms with van der Waals surface area (Å²) in [7, 11) is 1.46. The Hall–Kier alpha value is -4.33. The van der Waals surface area contributed by atoms with Crippen LogP contribution >= 0.6 is 0 Å². The number of carboxylic acids is 2. The number of fused-ring (bicyclic) bond motifs is 1. The molecular weight excluding hydrogens is 422 g/mol. The minimum atomic E-state index is -1.13. The summed E-state index contributed by atoms with van der Waals surface area (Å²) in [6, 6.07) is 15.2. The molecule has 0 radical (unpaired) electrons. The first-order valence-electron chi connectivity index (χ1n) is 10.3. The molecule has 0 spiro atoms. The number of nitrogens with one attached hydrogen (secondary N) is 1. The fraction of sp³-hybridized carbons (Fsp3) is 0.160. The van der Waals surface area contributed by atoms with Crippen molar-refractivity contribution in [2.24, 2.45) is 5.73 Å². The lowest BCUT2D eigenvalue weighted by atomic mass is 9.91. The number of nitrogens with zero attached hydrogens (tertiary/aromatic N) is 1. The summed E-state index contributed by atoms with van der Waals surface area (Å²) in [5, 5.41) is 27.3. The molecule has 0 aliphatic carbocycles. The number of anilines is 1. The molecule has 0 saturated carbocycles. The van der Waals surface area contributed by atoms with E-state index in [0.29, 0.717) is 34.5 Å². The zero-order valence-corrected chi connectivity index (χ0v) is 18.0. The van der Waals surface area contributed by atoms with Crippen LogP contribution < -0.4 is 15.4 Å². The van der Waals surface area contributed by atoms with Crippen LogP contribution in [0.4, 0.5) is 5.69 Å². The number of nitrogen functional groups attached to an aromatic ring is 1. The number of aromatic carboxylic acids is 2. The molecule has 168 valence electrons. The molecule has 0 amide bonds. The lowest BCUT2D eigenvalue weighted by Crippen LogP contribution is -2.22. The molecule has 0 saturated heterocycles. The van der Waals surface area contributed by atoms with Gasteiger partial charge in [-0.25, -0.2) is 9.59 Å². The highest BCUT2D eigenvalue weighted by atomic mass is 16.5. The standard InChI is InChI=1S/C25H23N3O5/c1-33-16-6-7-18(20(12-16)25(31)32)17-3-2-4-19(24(29)30)21(17)13-28-10-9-14-11-15(23(26)27)5-8-22(14)28/h2-8,11-12H,9-10,13H2,1H3,(H3,26,27)(H,29,30)(H,31,32). The topological polar surface area (TPSA) is 137 Å². The SMILES string of the molecule is COc1ccc(-c2cccc(C(=O)O)c2CN2CCc3cc(C(=N)N)ccc32)c(C(=O)O)c1. The van der Waals surface area contributed by atoms with Gasteiger partial charge in [0.15, 0.2) is 0 Å². The van der Waals surface area contributed by atoms with Crippen molar-refractivity contribution in [1.29, 1.82) is 5.41 Å². The lowest BCUT2D eigenvalue weighted by Gasteiger charge is -2.23. The van der Waals surface area contributed by atoms with Crippen molar-refractivity contribution in [1.82, 2.24) is 0 Å². The number of amidine groups is 1. The third kappa shape index (κ3) is 4.10. The number of hydrogen-bond donors (Lipinski definition) is 4. The van der Waals surface area contributed by atoms with Gasteiger partial charge in [-0.1, -0.05) is 12.1 Å². The molecule has 4 rings (SSSR count). The Bertz CT molecular complexity index is 1290. The van der Waals surface area contributed by atoms with Gasteiger partial charge in [0.25, 0.3) is 0 Å². The van der Waals surface area contributed by atoms with Gasteiger partial charge in [-0.2, -0.15) is 0 Å². The van der Waals surface area contributed by atoms with Crippen LogP contribution in [0.25, 0.3) is 11.1 Å². The Kier molecular flexibility index (Phi) is 5.74. The molecular formula is C25H23N3O5. The number of hydrogen-bond acceptors (Lipinski definition) is 5. The van der Waals surface area contributed by atoms with E-state index in [4.69, 9.17) is 15.9 Å². The molecule has 0 fully saturated rings. The number of ether oxygens (including phenoxy) is 1. The molecule has 0 atom stereocenters. The summed E-state index contributed by atoms with van der Waals surface area (Å²) < 4.78 is 5.17. The Morgan fingerprint density at radius 3 is 2.45 bits per heavy atom. The summed E-state index contributed by atoms with van der Waals surface area (Å²) in [6.07, 6.45) is 0.740. The predicted octanol–water partition coefficient (Wildman–Crippen LogP) is 3.61. The van der Waals surface area contributed by atoms with Crippen molar-refractivity contribution < 1.29 is 24.5 Å². The number of carbonyl (C=O) groups is 2. The van der Waals surface area contributed by atoms with E-state index in [-0.39, 0.29) is 23.5 Å². The lowest BCUT2D eigenvalue weighted by molar-refractivity contribution is 0.0686. The van der Waals surface area contributed by atoms with Crippen LogP contribution in [0.3, 0.4) is 0 Å². The minimum Gasteiger partial charge on any atom is -0.497 e. The molecule has 8 heteroatoms. The molecule has 1 aliphatic heterocycles. The number of nitrogens with two attached hydrogens (primary N) is 1. The van der Waals surface area contributed by atoms with E-state index >= 15 is 0 Å². The van der Waals surface area contributed by atoms with E-state index in [9.17, 15) is 19.8 Å². The van der Waals surface area contributed by atoms with E-state index in [1.807, 2.05) is 12.1 Å². The monoisotopic (exact) mass is 445 g/mol. The Morgan fingerprint density at radius 2 is 1.79 bits per heavy atom. The van der Waals surface area contributed by atoms with Crippen LogP contribution in [-0.2, 0) is 13.0 Å². The minimum absolute atomic E-state index is 0.00420. The van der Waals surface area contributed by atoms with Crippen LogP contribution in [0.15, 0.2) is 54.6 Å². The van der Waals surface area contributed by atoms with Gasteiger partial charge in [0.1, 0.15) is 11.6 Å². The van der Waals surface area contributed by atoms with Crippen molar-refractivity contribution in [2.45, 2.75) is 13.0 Å². The predicted molar refractivity (Wildman–Crippen MR) is 125 cm³/mol. The molecule has 1 heterocycles. The Labute approximate surface area is 190 Å². The van der Waals surface area contributed by atoms with Crippen LogP contribution in [0.5, 0.6) is 5.75 Å². The number of carboxylic acid groups (broad SMARTS) is 2. The first kappa shape index (κ1) is 21.9. The molecule has 33 heavy (non-hydrogen) atoms. The van der Waals surface area contributed by atoms with Crippen molar-refractivity contribution in [3.05, 3.63) is 82.4 Å². The maximum absolute atomic E-state index is 12.1. The zero-order valence-electron chi connectivity index (χ0n) is 18.0. The van der Waals surface area contributed by atoms with Gasteiger partial charge in [-0.15, -0.1) is 0 Å². The third-order valence-corrected chi connectivity index (χ3v) is 5.88. The summed E-state index contributed by atoms with van der Waals surface area (Å²) in [5.41, 5.74) is 9.88. The summed E-state index contributed by atoms with van der Waals surface area (Å²) in [4.78, 5) is 26.1. The van der Waals surface area contributed by atoms with Gasteiger partial charge < -0.3 is 25.6 Å². The first-order valence-corrected chi connectivity index (χ1v) is 10.3. The smallest absolute Gasteiger partial charge is 0.336 e. The second-order valence-corrected chi connectivity index (χ2v) is 7.78. The van der Waals surface area contributed by atoms with Crippen LogP contribution in [-0.4, -0.2) is 41.6 Å². The van der Waals surface area contributed by atoms with E-state index in [2.05, 4.69) is 4.90 Å². The maximum Gasteiger partial charge on any atom is 0.336 e. The van der Waals surface area contributed by atoms with Crippen LogP contribution in [0.2, 0.25) is 0 Å². The van der Waals surface area contributed by atoms with Crippen molar-refractivity contribution in [3.8, 4) is 16.9 Å². The highest BCUT2D eigenvalue weighted by molar-refractivity contribution is 5.99. The second-order valence-electron chi connectivity index (χ2n) is 7.78. The molecule has 1 aliphatic rings. The van der Waals surface area contributed by atoms with E-state index in [0.717, 1.165) is 17.7 Å².